The Bertz CT molecular complexity index is 467. The first-order valence-electron chi connectivity index (χ1n) is 8.96. The highest BCUT2D eigenvalue weighted by molar-refractivity contribution is 7.80. The first-order chi connectivity index (χ1) is 11.8. The molecule has 7 nitrogen and oxygen atoms in total. The zero-order valence-electron chi connectivity index (χ0n) is 15.0. The summed E-state index contributed by atoms with van der Waals surface area (Å²) in [4.78, 5) is 36.0. The average molecular weight is 374 g/mol. The van der Waals surface area contributed by atoms with Crippen LogP contribution in [0.1, 0.15) is 52.4 Å². The lowest BCUT2D eigenvalue weighted by atomic mass is 9.84. The summed E-state index contributed by atoms with van der Waals surface area (Å²) in [6.07, 6.45) is 5.58. The molecule has 1 rings (SSSR count). The maximum Gasteiger partial charge on any atom is 0.327 e. The number of hydrogen-bond acceptors (Lipinski definition) is 5. The van der Waals surface area contributed by atoms with E-state index in [1.54, 1.807) is 0 Å². The van der Waals surface area contributed by atoms with E-state index in [0.717, 1.165) is 25.7 Å². The Labute approximate surface area is 154 Å². The van der Waals surface area contributed by atoms with E-state index in [1.807, 2.05) is 13.8 Å². The molecule has 0 spiro atoms. The predicted octanol–water partition coefficient (Wildman–Crippen LogP) is 0.924. The fraction of sp³-hybridized carbons (Fsp3) is 0.824. The number of aliphatic carboxylic acids is 1. The maximum atomic E-state index is 12.5. The Kier molecular flexibility index (Phi) is 9.27. The first kappa shape index (κ1) is 21.8. The van der Waals surface area contributed by atoms with Crippen molar-refractivity contribution in [3.8, 4) is 0 Å². The van der Waals surface area contributed by atoms with Crippen LogP contribution in [0.15, 0.2) is 0 Å². The number of hydrogen-bond donors (Lipinski definition) is 5. The number of carboxylic acid groups (broad SMARTS) is 1. The van der Waals surface area contributed by atoms with Gasteiger partial charge in [0.15, 0.2) is 0 Å². The molecule has 1 aliphatic carbocycles. The highest BCUT2D eigenvalue weighted by Gasteiger charge is 2.31. The Balaban J connectivity index is 2.71. The van der Waals surface area contributed by atoms with Gasteiger partial charge in [-0.2, -0.15) is 12.6 Å². The van der Waals surface area contributed by atoms with E-state index in [4.69, 9.17) is 10.8 Å². The normalized spacial score (nSPS) is 19.1. The summed E-state index contributed by atoms with van der Waals surface area (Å²) in [5.41, 5.74) is 6.10. The quantitative estimate of drug-likeness (QED) is 0.385. The third kappa shape index (κ3) is 7.23. The lowest BCUT2D eigenvalue weighted by molar-refractivity contribution is -0.141. The summed E-state index contributed by atoms with van der Waals surface area (Å²) in [5.74, 6) is -1.74. The summed E-state index contributed by atoms with van der Waals surface area (Å²) in [6, 6.07) is -2.53. The zero-order chi connectivity index (χ0) is 19.0. The molecule has 5 N–H and O–H groups in total. The molecule has 144 valence electrons. The summed E-state index contributed by atoms with van der Waals surface area (Å²) >= 11 is 3.94. The van der Waals surface area contributed by atoms with Crippen LogP contribution in [-0.2, 0) is 14.4 Å². The molecule has 0 bridgehead atoms. The lowest BCUT2D eigenvalue weighted by Crippen LogP contribution is -2.56. The van der Waals surface area contributed by atoms with Crippen molar-refractivity contribution >= 4 is 30.4 Å². The van der Waals surface area contributed by atoms with Gasteiger partial charge in [-0.3, -0.25) is 9.59 Å². The monoisotopic (exact) mass is 373 g/mol. The standard InChI is InChI=1S/C17H31N3O4S/c1-10(2)8-12(15(21)20-13(9-25)17(23)24)19-16(22)14(18)11-6-4-3-5-7-11/h10-14,25H,3-9,18H2,1-2H3,(H,19,22)(H,20,21)(H,23,24)/t12-,13-,14-/m0/s1. The van der Waals surface area contributed by atoms with Gasteiger partial charge < -0.3 is 21.5 Å². The summed E-state index contributed by atoms with van der Waals surface area (Å²) < 4.78 is 0. The molecule has 1 fully saturated rings. The van der Waals surface area contributed by atoms with Crippen LogP contribution < -0.4 is 16.4 Å². The highest BCUT2D eigenvalue weighted by Crippen LogP contribution is 2.25. The van der Waals surface area contributed by atoms with Crippen molar-refractivity contribution in [1.82, 2.24) is 10.6 Å². The van der Waals surface area contributed by atoms with Crippen molar-refractivity contribution in [2.24, 2.45) is 17.6 Å². The third-order valence-electron chi connectivity index (χ3n) is 4.60. The molecule has 0 aliphatic heterocycles. The van der Waals surface area contributed by atoms with E-state index in [2.05, 4.69) is 23.3 Å². The van der Waals surface area contributed by atoms with Crippen molar-refractivity contribution in [3.05, 3.63) is 0 Å². The van der Waals surface area contributed by atoms with Crippen LogP contribution in [0.3, 0.4) is 0 Å². The predicted molar refractivity (Wildman–Crippen MR) is 99.4 cm³/mol. The van der Waals surface area contributed by atoms with E-state index in [1.165, 1.54) is 6.42 Å². The second kappa shape index (κ2) is 10.7. The van der Waals surface area contributed by atoms with Crippen molar-refractivity contribution in [2.45, 2.75) is 70.5 Å². The van der Waals surface area contributed by atoms with Gasteiger partial charge in [0.1, 0.15) is 12.1 Å². The van der Waals surface area contributed by atoms with Crippen molar-refractivity contribution in [1.29, 1.82) is 0 Å². The van der Waals surface area contributed by atoms with Crippen LogP contribution in [0.2, 0.25) is 0 Å². The van der Waals surface area contributed by atoms with Gasteiger partial charge in [-0.25, -0.2) is 4.79 Å². The van der Waals surface area contributed by atoms with Crippen LogP contribution >= 0.6 is 12.6 Å². The summed E-state index contributed by atoms with van der Waals surface area (Å²) in [5, 5.41) is 14.2. The Morgan fingerprint density at radius 1 is 1.08 bits per heavy atom. The van der Waals surface area contributed by atoms with Gasteiger partial charge in [0.2, 0.25) is 11.8 Å². The minimum atomic E-state index is -1.16. The Morgan fingerprint density at radius 3 is 2.12 bits per heavy atom. The van der Waals surface area contributed by atoms with Crippen LogP contribution in [-0.4, -0.2) is 46.8 Å². The van der Waals surface area contributed by atoms with Crippen LogP contribution in [0.4, 0.5) is 0 Å². The molecular formula is C17H31N3O4S. The van der Waals surface area contributed by atoms with Gasteiger partial charge in [-0.05, 0) is 31.1 Å². The molecule has 2 amide bonds. The maximum absolute atomic E-state index is 12.5. The van der Waals surface area contributed by atoms with Crippen molar-refractivity contribution < 1.29 is 19.5 Å². The number of carboxylic acids is 1. The molecule has 0 saturated heterocycles. The number of nitrogens with one attached hydrogen (secondary N) is 2. The van der Waals surface area contributed by atoms with Gasteiger partial charge in [0, 0.05) is 5.75 Å². The van der Waals surface area contributed by atoms with E-state index < -0.39 is 30.0 Å². The largest absolute Gasteiger partial charge is 0.480 e. The lowest BCUT2D eigenvalue weighted by Gasteiger charge is -2.29. The number of amides is 2. The summed E-state index contributed by atoms with van der Waals surface area (Å²) in [6.45, 7) is 3.86. The molecule has 1 aliphatic rings. The molecular weight excluding hydrogens is 342 g/mol. The molecule has 1 saturated carbocycles. The number of carbonyl (C=O) groups excluding carboxylic acids is 2. The van der Waals surface area contributed by atoms with Crippen LogP contribution in [0.5, 0.6) is 0 Å². The van der Waals surface area contributed by atoms with Gasteiger partial charge in [-0.15, -0.1) is 0 Å². The Morgan fingerprint density at radius 2 is 1.64 bits per heavy atom. The van der Waals surface area contributed by atoms with Gasteiger partial charge in [-0.1, -0.05) is 33.1 Å². The molecule has 8 heteroatoms. The first-order valence-corrected chi connectivity index (χ1v) is 9.59. The molecule has 25 heavy (non-hydrogen) atoms. The van der Waals surface area contributed by atoms with E-state index in [-0.39, 0.29) is 23.5 Å². The van der Waals surface area contributed by atoms with Crippen LogP contribution in [0.25, 0.3) is 0 Å². The number of rotatable bonds is 9. The fourth-order valence-electron chi connectivity index (χ4n) is 3.14. The minimum absolute atomic E-state index is 0.0228. The van der Waals surface area contributed by atoms with Crippen LogP contribution in [0, 0.1) is 11.8 Å². The van der Waals surface area contributed by atoms with Gasteiger partial charge in [0.05, 0.1) is 6.04 Å². The SMILES string of the molecule is CC(C)C[C@H](NC(=O)[C@@H](N)C1CCCCC1)C(=O)N[C@@H](CS)C(=O)O. The molecule has 0 aromatic heterocycles. The number of nitrogens with two attached hydrogens (primary N) is 1. The molecule has 0 aromatic carbocycles. The van der Waals surface area contributed by atoms with E-state index in [0.29, 0.717) is 6.42 Å². The number of thiol groups is 1. The van der Waals surface area contributed by atoms with Gasteiger partial charge >= 0.3 is 5.97 Å². The molecule has 0 unspecified atom stereocenters. The van der Waals surface area contributed by atoms with E-state index in [9.17, 15) is 14.4 Å². The topological polar surface area (TPSA) is 122 Å². The number of carbonyl (C=O) groups is 3. The second-order valence-electron chi connectivity index (χ2n) is 7.20. The Hall–Kier alpha value is -1.28. The van der Waals surface area contributed by atoms with Gasteiger partial charge in [0.25, 0.3) is 0 Å². The second-order valence-corrected chi connectivity index (χ2v) is 7.56. The fourth-order valence-corrected chi connectivity index (χ4v) is 3.38. The van der Waals surface area contributed by atoms with Crippen molar-refractivity contribution in [2.75, 3.05) is 5.75 Å². The molecule has 0 aromatic rings. The van der Waals surface area contributed by atoms with E-state index >= 15 is 0 Å². The molecule has 0 radical (unpaired) electrons. The zero-order valence-corrected chi connectivity index (χ0v) is 15.9. The third-order valence-corrected chi connectivity index (χ3v) is 4.96. The minimum Gasteiger partial charge on any atom is -0.480 e. The smallest absolute Gasteiger partial charge is 0.327 e. The highest BCUT2D eigenvalue weighted by atomic mass is 32.1. The summed E-state index contributed by atoms with van der Waals surface area (Å²) in [7, 11) is 0. The van der Waals surface area contributed by atoms with Crippen molar-refractivity contribution in [3.63, 3.8) is 0 Å². The average Bonchev–Trinajstić information content (AvgIpc) is 2.58. The molecule has 0 heterocycles. The molecule has 3 atom stereocenters.